The second kappa shape index (κ2) is 7.70. The van der Waals surface area contributed by atoms with Crippen molar-refractivity contribution in [1.29, 1.82) is 0 Å². The highest BCUT2D eigenvalue weighted by molar-refractivity contribution is 7.92. The molecule has 1 amide bonds. The Morgan fingerprint density at radius 3 is 2.16 bits per heavy atom. The minimum absolute atomic E-state index is 0.200. The lowest BCUT2D eigenvalue weighted by Gasteiger charge is -2.24. The second-order valence-electron chi connectivity index (χ2n) is 6.32. The zero-order chi connectivity index (χ0) is 18.6. The van der Waals surface area contributed by atoms with Crippen LogP contribution in [-0.4, -0.2) is 27.1 Å². The molecule has 1 atom stereocenters. The average molecular weight is 360 g/mol. The van der Waals surface area contributed by atoms with Gasteiger partial charge in [-0.2, -0.15) is 0 Å². The molecule has 2 rings (SSSR count). The number of carbonyl (C=O) groups excluding carboxylic acids is 1. The van der Waals surface area contributed by atoms with E-state index in [2.05, 4.69) is 5.32 Å². The van der Waals surface area contributed by atoms with Crippen molar-refractivity contribution in [1.82, 2.24) is 5.32 Å². The van der Waals surface area contributed by atoms with Crippen LogP contribution in [0.1, 0.15) is 29.7 Å². The van der Waals surface area contributed by atoms with Crippen molar-refractivity contribution >= 4 is 21.6 Å². The van der Waals surface area contributed by atoms with Gasteiger partial charge in [0.25, 0.3) is 0 Å². The van der Waals surface area contributed by atoms with Gasteiger partial charge in [0.15, 0.2) is 0 Å². The first kappa shape index (κ1) is 19.0. The Morgan fingerprint density at radius 1 is 1.08 bits per heavy atom. The molecule has 0 radical (unpaired) electrons. The third-order valence-electron chi connectivity index (χ3n) is 3.86. The molecule has 5 nitrogen and oxygen atoms in total. The van der Waals surface area contributed by atoms with Crippen LogP contribution in [0.15, 0.2) is 48.5 Å². The molecular formula is C19H24N2O3S. The number of aryl methyl sites for hydroxylation is 2. The van der Waals surface area contributed by atoms with E-state index in [0.717, 1.165) is 27.3 Å². The van der Waals surface area contributed by atoms with Gasteiger partial charge in [0.2, 0.25) is 15.9 Å². The maximum atomic E-state index is 12.4. The predicted molar refractivity (Wildman–Crippen MR) is 101 cm³/mol. The summed E-state index contributed by atoms with van der Waals surface area (Å²) >= 11 is 0. The van der Waals surface area contributed by atoms with Crippen molar-refractivity contribution in [2.24, 2.45) is 0 Å². The Labute approximate surface area is 149 Å². The molecule has 0 saturated heterocycles. The number of rotatable bonds is 6. The van der Waals surface area contributed by atoms with Gasteiger partial charge in [-0.1, -0.05) is 36.4 Å². The summed E-state index contributed by atoms with van der Waals surface area (Å²) in [4.78, 5) is 12.4. The quantitative estimate of drug-likeness (QED) is 0.861. The normalized spacial score (nSPS) is 12.5. The van der Waals surface area contributed by atoms with Gasteiger partial charge in [0, 0.05) is 0 Å². The third-order valence-corrected chi connectivity index (χ3v) is 5.00. The number of anilines is 1. The molecule has 1 N–H and O–H groups in total. The largest absolute Gasteiger partial charge is 0.348 e. The standard InChI is InChI=1S/C19H24N2O3S/c1-14-10-15(2)12-18(11-14)21(25(4,23)24)13-19(22)20-16(3)17-8-6-5-7-9-17/h5-12,16H,13H2,1-4H3,(H,20,22)/t16-/m1/s1. The van der Waals surface area contributed by atoms with Crippen LogP contribution in [0, 0.1) is 13.8 Å². The molecule has 2 aromatic carbocycles. The van der Waals surface area contributed by atoms with Crippen LogP contribution in [0.3, 0.4) is 0 Å². The lowest BCUT2D eigenvalue weighted by atomic mass is 10.1. The van der Waals surface area contributed by atoms with E-state index in [1.165, 1.54) is 0 Å². The van der Waals surface area contributed by atoms with Gasteiger partial charge in [-0.25, -0.2) is 8.42 Å². The van der Waals surface area contributed by atoms with Crippen LogP contribution in [-0.2, 0) is 14.8 Å². The topological polar surface area (TPSA) is 66.5 Å². The highest BCUT2D eigenvalue weighted by atomic mass is 32.2. The number of carbonyl (C=O) groups is 1. The molecule has 25 heavy (non-hydrogen) atoms. The molecule has 0 heterocycles. The SMILES string of the molecule is Cc1cc(C)cc(N(CC(=O)N[C@H](C)c2ccccc2)S(C)(=O)=O)c1. The molecule has 0 aliphatic rings. The molecular weight excluding hydrogens is 336 g/mol. The Kier molecular flexibility index (Phi) is 5.85. The van der Waals surface area contributed by atoms with E-state index in [0.29, 0.717) is 5.69 Å². The number of nitrogens with one attached hydrogen (secondary N) is 1. The Hall–Kier alpha value is -2.34. The third kappa shape index (κ3) is 5.32. The van der Waals surface area contributed by atoms with E-state index in [4.69, 9.17) is 0 Å². The van der Waals surface area contributed by atoms with Crippen LogP contribution in [0.2, 0.25) is 0 Å². The van der Waals surface area contributed by atoms with Gasteiger partial charge in [0.05, 0.1) is 18.0 Å². The molecule has 6 heteroatoms. The van der Waals surface area contributed by atoms with Gasteiger partial charge in [-0.15, -0.1) is 0 Å². The molecule has 0 saturated carbocycles. The van der Waals surface area contributed by atoms with Crippen molar-refractivity contribution < 1.29 is 13.2 Å². The van der Waals surface area contributed by atoms with Crippen LogP contribution >= 0.6 is 0 Å². The van der Waals surface area contributed by atoms with E-state index < -0.39 is 10.0 Å². The van der Waals surface area contributed by atoms with E-state index >= 15 is 0 Å². The summed E-state index contributed by atoms with van der Waals surface area (Å²) < 4.78 is 25.5. The Bertz CT molecular complexity index is 828. The molecule has 0 aromatic heterocycles. The summed E-state index contributed by atoms with van der Waals surface area (Å²) in [5.41, 5.74) is 3.36. The molecule has 0 bridgehead atoms. The fraction of sp³-hybridized carbons (Fsp3) is 0.316. The number of nitrogens with zero attached hydrogens (tertiary/aromatic N) is 1. The molecule has 0 fully saturated rings. The van der Waals surface area contributed by atoms with Crippen molar-refractivity contribution in [3.63, 3.8) is 0 Å². The van der Waals surface area contributed by atoms with Crippen LogP contribution < -0.4 is 9.62 Å². The Morgan fingerprint density at radius 2 is 1.64 bits per heavy atom. The smallest absolute Gasteiger partial charge is 0.241 e. The van der Waals surface area contributed by atoms with Gasteiger partial charge < -0.3 is 5.32 Å². The molecule has 0 unspecified atom stereocenters. The average Bonchev–Trinajstić information content (AvgIpc) is 2.51. The molecule has 2 aromatic rings. The van der Waals surface area contributed by atoms with E-state index in [1.807, 2.05) is 57.2 Å². The molecule has 134 valence electrons. The summed E-state index contributed by atoms with van der Waals surface area (Å²) in [6.07, 6.45) is 1.11. The maximum Gasteiger partial charge on any atom is 0.241 e. The van der Waals surface area contributed by atoms with E-state index in [-0.39, 0.29) is 18.5 Å². The fourth-order valence-corrected chi connectivity index (χ4v) is 3.58. The first-order valence-electron chi connectivity index (χ1n) is 8.07. The van der Waals surface area contributed by atoms with Gasteiger partial charge >= 0.3 is 0 Å². The van der Waals surface area contributed by atoms with Crippen molar-refractivity contribution in [2.45, 2.75) is 26.8 Å². The number of amides is 1. The lowest BCUT2D eigenvalue weighted by Crippen LogP contribution is -2.41. The summed E-state index contributed by atoms with van der Waals surface area (Å²) in [7, 11) is -3.57. The molecule has 0 aliphatic heterocycles. The van der Waals surface area contributed by atoms with Gasteiger partial charge in [-0.05, 0) is 49.6 Å². The monoisotopic (exact) mass is 360 g/mol. The highest BCUT2D eigenvalue weighted by Crippen LogP contribution is 2.21. The molecule has 0 spiro atoms. The first-order chi connectivity index (χ1) is 11.7. The summed E-state index contributed by atoms with van der Waals surface area (Å²) in [5, 5.41) is 2.85. The predicted octanol–water partition coefficient (Wildman–Crippen LogP) is 2.95. The van der Waals surface area contributed by atoms with Gasteiger partial charge in [0.1, 0.15) is 6.54 Å². The van der Waals surface area contributed by atoms with Crippen LogP contribution in [0.25, 0.3) is 0 Å². The van der Waals surface area contributed by atoms with Crippen molar-refractivity contribution in [3.8, 4) is 0 Å². The highest BCUT2D eigenvalue weighted by Gasteiger charge is 2.22. The minimum atomic E-state index is -3.57. The minimum Gasteiger partial charge on any atom is -0.348 e. The lowest BCUT2D eigenvalue weighted by molar-refractivity contribution is -0.120. The fourth-order valence-electron chi connectivity index (χ4n) is 2.74. The van der Waals surface area contributed by atoms with E-state index in [1.54, 1.807) is 12.1 Å². The number of benzene rings is 2. The zero-order valence-electron chi connectivity index (χ0n) is 15.0. The second-order valence-corrected chi connectivity index (χ2v) is 8.22. The number of sulfonamides is 1. The summed E-state index contributed by atoms with van der Waals surface area (Å²) in [6, 6.07) is 14.8. The Balaban J connectivity index is 2.19. The number of hydrogen-bond acceptors (Lipinski definition) is 3. The summed E-state index contributed by atoms with van der Waals surface area (Å²) in [5.74, 6) is -0.346. The van der Waals surface area contributed by atoms with Crippen molar-refractivity contribution in [3.05, 3.63) is 65.2 Å². The maximum absolute atomic E-state index is 12.4. The summed E-state index contributed by atoms with van der Waals surface area (Å²) in [6.45, 7) is 5.41. The van der Waals surface area contributed by atoms with Gasteiger partial charge in [-0.3, -0.25) is 9.10 Å². The first-order valence-corrected chi connectivity index (χ1v) is 9.92. The van der Waals surface area contributed by atoms with E-state index in [9.17, 15) is 13.2 Å². The van der Waals surface area contributed by atoms with Crippen LogP contribution in [0.4, 0.5) is 5.69 Å². The van der Waals surface area contributed by atoms with Crippen LogP contribution in [0.5, 0.6) is 0 Å². The van der Waals surface area contributed by atoms with Crippen molar-refractivity contribution in [2.75, 3.05) is 17.1 Å². The number of hydrogen-bond donors (Lipinski definition) is 1. The molecule has 0 aliphatic carbocycles. The zero-order valence-corrected chi connectivity index (χ0v) is 15.8.